The number of carbonyl (C=O) groups excluding carboxylic acids is 1. The van der Waals surface area contributed by atoms with Gasteiger partial charge in [0.2, 0.25) is 5.91 Å². The highest BCUT2D eigenvalue weighted by molar-refractivity contribution is 7.07. The van der Waals surface area contributed by atoms with Crippen LogP contribution in [0.1, 0.15) is 25.5 Å². The zero-order valence-electron chi connectivity index (χ0n) is 9.85. The van der Waals surface area contributed by atoms with Crippen molar-refractivity contribution in [1.82, 2.24) is 9.88 Å². The van der Waals surface area contributed by atoms with Crippen molar-refractivity contribution in [3.05, 3.63) is 16.6 Å². The smallest absolute Gasteiger partial charge is 0.222 e. The van der Waals surface area contributed by atoms with Crippen molar-refractivity contribution in [2.45, 2.75) is 26.3 Å². The molecule has 0 fully saturated rings. The van der Waals surface area contributed by atoms with E-state index < -0.39 is 0 Å². The van der Waals surface area contributed by atoms with Gasteiger partial charge in [-0.2, -0.15) is 0 Å². The number of carbonyl (C=O) groups is 1. The molecule has 90 valence electrons. The summed E-state index contributed by atoms with van der Waals surface area (Å²) in [5.74, 6) is 0.574. The van der Waals surface area contributed by atoms with Crippen LogP contribution in [0.25, 0.3) is 0 Å². The second-order valence-corrected chi connectivity index (χ2v) is 4.83. The van der Waals surface area contributed by atoms with E-state index in [0.717, 1.165) is 12.1 Å². The Kier molecular flexibility index (Phi) is 5.42. The molecule has 1 rings (SSSR count). The summed E-state index contributed by atoms with van der Waals surface area (Å²) in [5.41, 5.74) is 8.24. The summed E-state index contributed by atoms with van der Waals surface area (Å²) in [6.07, 6.45) is 1.43. The summed E-state index contributed by atoms with van der Waals surface area (Å²) < 4.78 is 0. The van der Waals surface area contributed by atoms with E-state index in [9.17, 15) is 4.79 Å². The van der Waals surface area contributed by atoms with Gasteiger partial charge in [-0.25, -0.2) is 4.98 Å². The first kappa shape index (κ1) is 13.1. The van der Waals surface area contributed by atoms with Gasteiger partial charge in [-0.3, -0.25) is 4.79 Å². The van der Waals surface area contributed by atoms with Crippen LogP contribution >= 0.6 is 11.3 Å². The highest BCUT2D eigenvalue weighted by Gasteiger charge is 2.11. The molecule has 0 aromatic carbocycles. The fourth-order valence-electron chi connectivity index (χ4n) is 1.33. The standard InChI is InChI=1S/C11H19N3OS/c1-9(5-12)3-4-11(15)14(2)6-10-7-16-8-13-10/h7-9H,3-6,12H2,1-2H3. The van der Waals surface area contributed by atoms with Gasteiger partial charge < -0.3 is 10.6 Å². The lowest BCUT2D eigenvalue weighted by molar-refractivity contribution is -0.130. The molecular weight excluding hydrogens is 222 g/mol. The monoisotopic (exact) mass is 241 g/mol. The van der Waals surface area contributed by atoms with E-state index >= 15 is 0 Å². The number of hydrogen-bond acceptors (Lipinski definition) is 4. The summed E-state index contributed by atoms with van der Waals surface area (Å²) in [6.45, 7) is 3.30. The first-order valence-electron chi connectivity index (χ1n) is 5.44. The van der Waals surface area contributed by atoms with Crippen LogP contribution in [0.2, 0.25) is 0 Å². The summed E-state index contributed by atoms with van der Waals surface area (Å²) in [4.78, 5) is 17.6. The Hall–Kier alpha value is -0.940. The number of thiazole rings is 1. The van der Waals surface area contributed by atoms with Crippen molar-refractivity contribution in [3.63, 3.8) is 0 Å². The normalized spacial score (nSPS) is 12.4. The van der Waals surface area contributed by atoms with E-state index in [4.69, 9.17) is 5.73 Å². The van der Waals surface area contributed by atoms with E-state index in [2.05, 4.69) is 11.9 Å². The fourth-order valence-corrected chi connectivity index (χ4v) is 1.87. The van der Waals surface area contributed by atoms with E-state index in [1.54, 1.807) is 21.7 Å². The molecule has 0 bridgehead atoms. The van der Waals surface area contributed by atoms with Gasteiger partial charge in [0.1, 0.15) is 0 Å². The molecular formula is C11H19N3OS. The summed E-state index contributed by atoms with van der Waals surface area (Å²) in [7, 11) is 1.81. The number of aromatic nitrogens is 1. The van der Waals surface area contributed by atoms with Crippen molar-refractivity contribution in [3.8, 4) is 0 Å². The van der Waals surface area contributed by atoms with E-state index in [0.29, 0.717) is 25.4 Å². The zero-order valence-corrected chi connectivity index (χ0v) is 10.7. The van der Waals surface area contributed by atoms with Gasteiger partial charge in [-0.05, 0) is 18.9 Å². The van der Waals surface area contributed by atoms with Crippen LogP contribution in [0.4, 0.5) is 0 Å². The molecule has 1 aromatic heterocycles. The molecule has 1 unspecified atom stereocenters. The SMILES string of the molecule is CC(CN)CCC(=O)N(C)Cc1cscn1. The van der Waals surface area contributed by atoms with E-state index in [1.165, 1.54) is 0 Å². The van der Waals surface area contributed by atoms with Crippen molar-refractivity contribution in [2.75, 3.05) is 13.6 Å². The summed E-state index contributed by atoms with van der Waals surface area (Å²) in [6, 6.07) is 0. The summed E-state index contributed by atoms with van der Waals surface area (Å²) in [5, 5.41) is 1.96. The minimum Gasteiger partial charge on any atom is -0.340 e. The Morgan fingerprint density at radius 2 is 2.44 bits per heavy atom. The van der Waals surface area contributed by atoms with Crippen molar-refractivity contribution >= 4 is 17.2 Å². The molecule has 0 aliphatic rings. The number of nitrogens with two attached hydrogens (primary N) is 1. The second-order valence-electron chi connectivity index (χ2n) is 4.11. The zero-order chi connectivity index (χ0) is 12.0. The van der Waals surface area contributed by atoms with Gasteiger partial charge in [0, 0.05) is 18.8 Å². The topological polar surface area (TPSA) is 59.2 Å². The average Bonchev–Trinajstić information content (AvgIpc) is 2.77. The van der Waals surface area contributed by atoms with Crippen molar-refractivity contribution < 1.29 is 4.79 Å². The molecule has 1 heterocycles. The Morgan fingerprint density at radius 1 is 1.69 bits per heavy atom. The van der Waals surface area contributed by atoms with Gasteiger partial charge in [-0.15, -0.1) is 11.3 Å². The van der Waals surface area contributed by atoms with Crippen LogP contribution in [-0.2, 0) is 11.3 Å². The third kappa shape index (κ3) is 4.28. The van der Waals surface area contributed by atoms with E-state index in [-0.39, 0.29) is 5.91 Å². The van der Waals surface area contributed by atoms with Gasteiger partial charge in [-0.1, -0.05) is 6.92 Å². The quantitative estimate of drug-likeness (QED) is 0.820. The highest BCUT2D eigenvalue weighted by Crippen LogP contribution is 2.08. The van der Waals surface area contributed by atoms with Gasteiger partial charge in [0.15, 0.2) is 0 Å². The van der Waals surface area contributed by atoms with Crippen LogP contribution in [0.5, 0.6) is 0 Å². The number of hydrogen-bond donors (Lipinski definition) is 1. The van der Waals surface area contributed by atoms with Gasteiger partial charge in [0.05, 0.1) is 17.7 Å². The maximum atomic E-state index is 11.8. The van der Waals surface area contributed by atoms with E-state index in [1.807, 2.05) is 12.4 Å². The Morgan fingerprint density at radius 3 is 3.00 bits per heavy atom. The largest absolute Gasteiger partial charge is 0.340 e. The Bertz CT molecular complexity index is 313. The molecule has 1 atom stereocenters. The van der Waals surface area contributed by atoms with Crippen LogP contribution in [0, 0.1) is 5.92 Å². The van der Waals surface area contributed by atoms with Crippen LogP contribution in [0.3, 0.4) is 0 Å². The fraction of sp³-hybridized carbons (Fsp3) is 0.636. The van der Waals surface area contributed by atoms with Crippen molar-refractivity contribution in [2.24, 2.45) is 11.7 Å². The molecule has 0 saturated carbocycles. The molecule has 4 nitrogen and oxygen atoms in total. The Balaban J connectivity index is 2.31. The molecule has 0 aliphatic carbocycles. The predicted octanol–water partition coefficient (Wildman–Crippen LogP) is 1.48. The molecule has 0 spiro atoms. The minimum atomic E-state index is 0.160. The molecule has 0 saturated heterocycles. The van der Waals surface area contributed by atoms with Crippen LogP contribution in [0.15, 0.2) is 10.9 Å². The Labute approximate surface area is 100 Å². The lowest BCUT2D eigenvalue weighted by Gasteiger charge is -2.17. The number of rotatable bonds is 6. The minimum absolute atomic E-state index is 0.160. The van der Waals surface area contributed by atoms with Crippen LogP contribution < -0.4 is 5.73 Å². The molecule has 5 heteroatoms. The second kappa shape index (κ2) is 6.60. The third-order valence-corrected chi connectivity index (χ3v) is 3.20. The molecule has 0 radical (unpaired) electrons. The first-order chi connectivity index (χ1) is 7.63. The summed E-state index contributed by atoms with van der Waals surface area (Å²) >= 11 is 1.55. The molecule has 2 N–H and O–H groups in total. The average molecular weight is 241 g/mol. The van der Waals surface area contributed by atoms with Gasteiger partial charge in [0.25, 0.3) is 0 Å². The maximum absolute atomic E-state index is 11.8. The third-order valence-electron chi connectivity index (χ3n) is 2.56. The molecule has 16 heavy (non-hydrogen) atoms. The van der Waals surface area contributed by atoms with Gasteiger partial charge >= 0.3 is 0 Å². The van der Waals surface area contributed by atoms with Crippen molar-refractivity contribution in [1.29, 1.82) is 0 Å². The van der Waals surface area contributed by atoms with Crippen LogP contribution in [-0.4, -0.2) is 29.4 Å². The maximum Gasteiger partial charge on any atom is 0.222 e. The number of amides is 1. The predicted molar refractivity (Wildman–Crippen MR) is 66.0 cm³/mol. The highest BCUT2D eigenvalue weighted by atomic mass is 32.1. The first-order valence-corrected chi connectivity index (χ1v) is 6.39. The number of nitrogens with zero attached hydrogens (tertiary/aromatic N) is 2. The lowest BCUT2D eigenvalue weighted by atomic mass is 10.1. The molecule has 1 amide bonds. The molecule has 1 aromatic rings. The molecule has 0 aliphatic heterocycles. The lowest BCUT2D eigenvalue weighted by Crippen LogP contribution is -2.27.